The lowest BCUT2D eigenvalue weighted by Gasteiger charge is -2.27. The van der Waals surface area contributed by atoms with Gasteiger partial charge in [-0.1, -0.05) is 17.7 Å². The summed E-state index contributed by atoms with van der Waals surface area (Å²) in [4.78, 5) is 27.3. The molecule has 0 spiro atoms. The number of nitrogens with one attached hydrogen (secondary N) is 1. The number of likely N-dealkylation sites (tertiary alicyclic amines) is 1. The number of ether oxygens (including phenoxy) is 1. The zero-order chi connectivity index (χ0) is 21.0. The second-order valence-electron chi connectivity index (χ2n) is 7.54. The SMILES string of the molecule is Cc1ccc(C(=O)N2CCCCC2)cc1NC(=O)C(C)Oc1ccc(Cl)cc1C. The van der Waals surface area contributed by atoms with Crippen molar-refractivity contribution in [1.82, 2.24) is 4.90 Å². The number of benzene rings is 2. The van der Waals surface area contributed by atoms with E-state index in [0.717, 1.165) is 37.1 Å². The minimum Gasteiger partial charge on any atom is -0.481 e. The van der Waals surface area contributed by atoms with Crippen molar-refractivity contribution in [3.8, 4) is 5.75 Å². The van der Waals surface area contributed by atoms with Crippen LogP contribution in [0.15, 0.2) is 36.4 Å². The first kappa shape index (κ1) is 21.2. The number of anilines is 1. The summed E-state index contributed by atoms with van der Waals surface area (Å²) >= 11 is 5.97. The third-order valence-corrected chi connectivity index (χ3v) is 5.43. The number of carbonyl (C=O) groups is 2. The Morgan fingerprint density at radius 1 is 1.03 bits per heavy atom. The average Bonchev–Trinajstić information content (AvgIpc) is 2.71. The first-order valence-electron chi connectivity index (χ1n) is 9.99. The smallest absolute Gasteiger partial charge is 0.265 e. The minimum atomic E-state index is -0.698. The molecule has 2 aromatic rings. The van der Waals surface area contributed by atoms with E-state index in [9.17, 15) is 9.59 Å². The predicted octanol–water partition coefficient (Wildman–Crippen LogP) is 4.99. The van der Waals surface area contributed by atoms with Crippen LogP contribution >= 0.6 is 11.6 Å². The van der Waals surface area contributed by atoms with Crippen LogP contribution in [0.3, 0.4) is 0 Å². The Bertz CT molecular complexity index is 907. The van der Waals surface area contributed by atoms with Crippen molar-refractivity contribution in [2.75, 3.05) is 18.4 Å². The van der Waals surface area contributed by atoms with Crippen LogP contribution in [0.4, 0.5) is 5.69 Å². The number of carbonyl (C=O) groups excluding carboxylic acids is 2. The standard InChI is InChI=1S/C23H27ClN2O3/c1-15-7-8-18(23(28)26-11-5-4-6-12-26)14-20(15)25-22(27)17(3)29-21-10-9-19(24)13-16(21)2/h7-10,13-14,17H,4-6,11-12H2,1-3H3,(H,25,27). The molecule has 0 saturated carbocycles. The Hall–Kier alpha value is -2.53. The molecule has 1 aliphatic heterocycles. The lowest BCUT2D eigenvalue weighted by Crippen LogP contribution is -2.35. The Kier molecular flexibility index (Phi) is 6.80. The largest absolute Gasteiger partial charge is 0.481 e. The van der Waals surface area contributed by atoms with E-state index in [1.807, 2.05) is 30.9 Å². The molecule has 0 aliphatic carbocycles. The molecule has 1 fully saturated rings. The van der Waals surface area contributed by atoms with Crippen LogP contribution < -0.4 is 10.1 Å². The highest BCUT2D eigenvalue weighted by Gasteiger charge is 2.21. The quantitative estimate of drug-likeness (QED) is 0.749. The van der Waals surface area contributed by atoms with Gasteiger partial charge in [0.2, 0.25) is 0 Å². The monoisotopic (exact) mass is 414 g/mol. The van der Waals surface area contributed by atoms with E-state index in [2.05, 4.69) is 5.32 Å². The van der Waals surface area contributed by atoms with E-state index in [4.69, 9.17) is 16.3 Å². The first-order valence-corrected chi connectivity index (χ1v) is 10.4. The van der Waals surface area contributed by atoms with E-state index in [-0.39, 0.29) is 11.8 Å². The van der Waals surface area contributed by atoms with Crippen molar-refractivity contribution in [1.29, 1.82) is 0 Å². The molecule has 3 rings (SSSR count). The zero-order valence-electron chi connectivity index (χ0n) is 17.1. The van der Waals surface area contributed by atoms with E-state index in [1.165, 1.54) is 6.42 Å². The summed E-state index contributed by atoms with van der Waals surface area (Å²) in [6.45, 7) is 7.06. The second-order valence-corrected chi connectivity index (χ2v) is 7.98. The summed E-state index contributed by atoms with van der Waals surface area (Å²) in [6.07, 6.45) is 2.56. The minimum absolute atomic E-state index is 0.0151. The second kappa shape index (κ2) is 9.31. The third kappa shape index (κ3) is 5.30. The van der Waals surface area contributed by atoms with Gasteiger partial charge in [-0.2, -0.15) is 0 Å². The molecule has 29 heavy (non-hydrogen) atoms. The van der Waals surface area contributed by atoms with Crippen molar-refractivity contribution in [2.24, 2.45) is 0 Å². The fourth-order valence-electron chi connectivity index (χ4n) is 3.39. The van der Waals surface area contributed by atoms with Crippen molar-refractivity contribution < 1.29 is 14.3 Å². The van der Waals surface area contributed by atoms with Crippen molar-refractivity contribution in [2.45, 2.75) is 46.1 Å². The fraction of sp³-hybridized carbons (Fsp3) is 0.391. The van der Waals surface area contributed by atoms with Gasteiger partial charge in [-0.3, -0.25) is 9.59 Å². The van der Waals surface area contributed by atoms with Gasteiger partial charge < -0.3 is 15.0 Å². The van der Waals surface area contributed by atoms with Crippen molar-refractivity contribution in [3.63, 3.8) is 0 Å². The third-order valence-electron chi connectivity index (χ3n) is 5.20. The van der Waals surface area contributed by atoms with Crippen LogP contribution in [0.5, 0.6) is 5.75 Å². The molecule has 1 heterocycles. The summed E-state index contributed by atoms with van der Waals surface area (Å²) in [7, 11) is 0. The highest BCUT2D eigenvalue weighted by Crippen LogP contribution is 2.24. The molecule has 0 bridgehead atoms. The molecule has 1 aliphatic rings. The van der Waals surface area contributed by atoms with Gasteiger partial charge in [-0.25, -0.2) is 0 Å². The van der Waals surface area contributed by atoms with Crippen LogP contribution in [-0.2, 0) is 4.79 Å². The van der Waals surface area contributed by atoms with E-state index < -0.39 is 6.10 Å². The van der Waals surface area contributed by atoms with Gasteiger partial charge in [0.1, 0.15) is 5.75 Å². The zero-order valence-corrected chi connectivity index (χ0v) is 17.9. The molecule has 5 nitrogen and oxygen atoms in total. The van der Waals surface area contributed by atoms with Gasteiger partial charge in [-0.05, 0) is 81.5 Å². The molecule has 1 unspecified atom stereocenters. The lowest BCUT2D eigenvalue weighted by molar-refractivity contribution is -0.122. The summed E-state index contributed by atoms with van der Waals surface area (Å²) in [5.41, 5.74) is 2.97. The molecule has 154 valence electrons. The van der Waals surface area contributed by atoms with Gasteiger partial charge >= 0.3 is 0 Å². The van der Waals surface area contributed by atoms with Gasteiger partial charge in [0.15, 0.2) is 6.10 Å². The maximum Gasteiger partial charge on any atom is 0.265 e. The van der Waals surface area contributed by atoms with E-state index in [1.54, 1.807) is 31.2 Å². The van der Waals surface area contributed by atoms with Crippen LogP contribution in [-0.4, -0.2) is 35.9 Å². The molecule has 6 heteroatoms. The molecule has 2 aromatic carbocycles. The summed E-state index contributed by atoms with van der Waals surface area (Å²) in [5, 5.41) is 3.52. The van der Waals surface area contributed by atoms with Gasteiger partial charge in [0.25, 0.3) is 11.8 Å². The summed E-state index contributed by atoms with van der Waals surface area (Å²) in [6, 6.07) is 10.7. The van der Waals surface area contributed by atoms with Crippen LogP contribution in [0.1, 0.15) is 47.7 Å². The number of aryl methyl sites for hydroxylation is 2. The number of nitrogens with zero attached hydrogens (tertiary/aromatic N) is 1. The molecule has 1 saturated heterocycles. The maximum absolute atomic E-state index is 12.8. The normalized spacial score (nSPS) is 15.0. The summed E-state index contributed by atoms with van der Waals surface area (Å²) in [5.74, 6) is 0.356. The van der Waals surface area contributed by atoms with Gasteiger partial charge in [0, 0.05) is 29.4 Å². The molecular weight excluding hydrogens is 388 g/mol. The highest BCUT2D eigenvalue weighted by atomic mass is 35.5. The topological polar surface area (TPSA) is 58.6 Å². The molecule has 0 aromatic heterocycles. The summed E-state index contributed by atoms with van der Waals surface area (Å²) < 4.78 is 5.80. The number of piperidine rings is 1. The fourth-order valence-corrected chi connectivity index (χ4v) is 3.62. The lowest BCUT2D eigenvalue weighted by atomic mass is 10.1. The number of hydrogen-bond donors (Lipinski definition) is 1. The van der Waals surface area contributed by atoms with Crippen molar-refractivity contribution in [3.05, 3.63) is 58.1 Å². The predicted molar refractivity (Wildman–Crippen MR) is 116 cm³/mol. The van der Waals surface area contributed by atoms with Crippen LogP contribution in [0.25, 0.3) is 0 Å². The number of rotatable bonds is 5. The van der Waals surface area contributed by atoms with Crippen LogP contribution in [0.2, 0.25) is 5.02 Å². The number of hydrogen-bond acceptors (Lipinski definition) is 3. The first-order chi connectivity index (χ1) is 13.8. The van der Waals surface area contributed by atoms with Gasteiger partial charge in [0.05, 0.1) is 0 Å². The molecule has 1 N–H and O–H groups in total. The Morgan fingerprint density at radius 2 is 1.76 bits per heavy atom. The molecule has 0 radical (unpaired) electrons. The average molecular weight is 415 g/mol. The van der Waals surface area contributed by atoms with Crippen LogP contribution in [0, 0.1) is 13.8 Å². The van der Waals surface area contributed by atoms with E-state index >= 15 is 0 Å². The number of amides is 2. The molecule has 2 amide bonds. The molecular formula is C23H27ClN2O3. The highest BCUT2D eigenvalue weighted by molar-refractivity contribution is 6.30. The Balaban J connectivity index is 1.69. The Labute approximate surface area is 177 Å². The van der Waals surface area contributed by atoms with E-state index in [0.29, 0.717) is 22.0 Å². The maximum atomic E-state index is 12.8. The number of halogens is 1. The van der Waals surface area contributed by atoms with Gasteiger partial charge in [-0.15, -0.1) is 0 Å². The molecule has 1 atom stereocenters. The van der Waals surface area contributed by atoms with Crippen molar-refractivity contribution >= 4 is 29.1 Å². The Morgan fingerprint density at radius 3 is 2.45 bits per heavy atom.